The van der Waals surface area contributed by atoms with Gasteiger partial charge in [-0.25, -0.2) is 13.6 Å². The zero-order chi connectivity index (χ0) is 23.8. The molecule has 0 aliphatic carbocycles. The molecule has 2 aromatic carbocycles. The Labute approximate surface area is 184 Å². The third-order valence-electron chi connectivity index (χ3n) is 5.09. The summed E-state index contributed by atoms with van der Waals surface area (Å²) in [6, 6.07) is 7.41. The maximum Gasteiger partial charge on any atom is 0.419 e. The lowest BCUT2D eigenvalue weighted by atomic mass is 10.2. The number of benzene rings is 2. The summed E-state index contributed by atoms with van der Waals surface area (Å²) in [5.41, 5.74) is -1.58. The number of ether oxygens (including phenoxy) is 2. The van der Waals surface area contributed by atoms with E-state index in [4.69, 9.17) is 9.47 Å². The van der Waals surface area contributed by atoms with Gasteiger partial charge in [0.05, 0.1) is 5.56 Å². The molecule has 2 heterocycles. The molecule has 1 aliphatic rings. The highest BCUT2D eigenvalue weighted by atomic mass is 19.4. The molecule has 0 bridgehead atoms. The SMILES string of the molecule is CN1CCCn2c1cc(OCc1ccc(Oc3ccc(F)c(C(F)(F)F)c3)c(F)c1)nc2=O. The lowest BCUT2D eigenvalue weighted by molar-refractivity contribution is -0.140. The van der Waals surface area contributed by atoms with Crippen LogP contribution < -0.4 is 20.1 Å². The summed E-state index contributed by atoms with van der Waals surface area (Å²) in [6.45, 7) is 1.25. The second-order valence-corrected chi connectivity index (χ2v) is 7.46. The van der Waals surface area contributed by atoms with E-state index in [9.17, 15) is 26.7 Å². The van der Waals surface area contributed by atoms with Crippen molar-refractivity contribution in [3.05, 3.63) is 75.7 Å². The fraction of sp³-hybridized carbons (Fsp3) is 0.273. The number of hydrogen-bond donors (Lipinski definition) is 0. The van der Waals surface area contributed by atoms with Crippen LogP contribution in [-0.4, -0.2) is 23.1 Å². The van der Waals surface area contributed by atoms with Gasteiger partial charge in [0.2, 0.25) is 5.88 Å². The van der Waals surface area contributed by atoms with E-state index in [1.54, 1.807) is 10.6 Å². The van der Waals surface area contributed by atoms with Crippen LogP contribution in [0.3, 0.4) is 0 Å². The third-order valence-corrected chi connectivity index (χ3v) is 5.09. The third kappa shape index (κ3) is 4.91. The maximum absolute atomic E-state index is 14.5. The second kappa shape index (κ2) is 8.72. The van der Waals surface area contributed by atoms with Gasteiger partial charge in [-0.3, -0.25) is 4.57 Å². The number of nitrogens with zero attached hydrogens (tertiary/aromatic N) is 3. The van der Waals surface area contributed by atoms with E-state index in [1.807, 2.05) is 11.9 Å². The van der Waals surface area contributed by atoms with Gasteiger partial charge >= 0.3 is 11.9 Å². The van der Waals surface area contributed by atoms with Crippen LogP contribution in [0.5, 0.6) is 17.4 Å². The fourth-order valence-corrected chi connectivity index (χ4v) is 3.44. The van der Waals surface area contributed by atoms with Gasteiger partial charge in [0, 0.05) is 26.2 Å². The molecule has 1 aliphatic heterocycles. The Bertz CT molecular complexity index is 1240. The molecule has 4 rings (SSSR count). The minimum Gasteiger partial charge on any atom is -0.473 e. The van der Waals surface area contributed by atoms with E-state index in [1.165, 1.54) is 12.1 Å². The normalized spacial score (nSPS) is 13.6. The molecule has 0 saturated carbocycles. The van der Waals surface area contributed by atoms with Gasteiger partial charge in [0.1, 0.15) is 24.0 Å². The van der Waals surface area contributed by atoms with Crippen molar-refractivity contribution in [2.75, 3.05) is 18.5 Å². The maximum atomic E-state index is 14.5. The first-order valence-corrected chi connectivity index (χ1v) is 9.90. The Hall–Kier alpha value is -3.63. The first-order valence-electron chi connectivity index (χ1n) is 9.90. The molecule has 33 heavy (non-hydrogen) atoms. The smallest absolute Gasteiger partial charge is 0.419 e. The summed E-state index contributed by atoms with van der Waals surface area (Å²) < 4.78 is 78.7. The molecule has 0 spiro atoms. The first-order chi connectivity index (χ1) is 15.6. The molecule has 0 atom stereocenters. The van der Waals surface area contributed by atoms with E-state index in [0.29, 0.717) is 30.1 Å². The van der Waals surface area contributed by atoms with Crippen LogP contribution in [0, 0.1) is 11.6 Å². The molecule has 174 valence electrons. The van der Waals surface area contributed by atoms with Crippen molar-refractivity contribution in [3.8, 4) is 17.4 Å². The molecule has 6 nitrogen and oxygen atoms in total. The molecule has 0 saturated heterocycles. The largest absolute Gasteiger partial charge is 0.473 e. The predicted molar refractivity (Wildman–Crippen MR) is 109 cm³/mol. The fourth-order valence-electron chi connectivity index (χ4n) is 3.44. The van der Waals surface area contributed by atoms with Crippen LogP contribution in [-0.2, 0) is 19.3 Å². The summed E-state index contributed by atoms with van der Waals surface area (Å²) in [7, 11) is 1.85. The number of hydrogen-bond acceptors (Lipinski definition) is 5. The summed E-state index contributed by atoms with van der Waals surface area (Å²) in [4.78, 5) is 18.0. The molecule has 0 fully saturated rings. The number of aromatic nitrogens is 2. The zero-order valence-corrected chi connectivity index (χ0v) is 17.3. The van der Waals surface area contributed by atoms with Crippen LogP contribution in [0.15, 0.2) is 47.3 Å². The summed E-state index contributed by atoms with van der Waals surface area (Å²) in [6.07, 6.45) is -4.08. The van der Waals surface area contributed by atoms with Crippen LogP contribution in [0.1, 0.15) is 17.5 Å². The second-order valence-electron chi connectivity index (χ2n) is 7.46. The predicted octanol–water partition coefficient (Wildman–Crippen LogP) is 4.75. The standard InChI is InChI=1S/C22H18F5N3O3/c1-29-7-2-8-30-20(29)11-19(28-21(30)31)32-12-13-3-6-18(17(24)9-13)33-14-4-5-16(23)15(10-14)22(25,26)27/h3-6,9-11H,2,7-8,12H2,1H3. The van der Waals surface area contributed by atoms with Crippen LogP contribution in [0.2, 0.25) is 0 Å². The lowest BCUT2D eigenvalue weighted by Crippen LogP contribution is -2.36. The average molecular weight is 467 g/mol. The highest BCUT2D eigenvalue weighted by molar-refractivity contribution is 5.43. The molecule has 11 heteroatoms. The molecule has 0 N–H and O–H groups in total. The van der Waals surface area contributed by atoms with Crippen molar-refractivity contribution in [1.82, 2.24) is 9.55 Å². The summed E-state index contributed by atoms with van der Waals surface area (Å²) in [5, 5.41) is 0. The Morgan fingerprint density at radius 3 is 2.55 bits per heavy atom. The van der Waals surface area contributed by atoms with Gasteiger partial charge in [-0.2, -0.15) is 18.2 Å². The van der Waals surface area contributed by atoms with Crippen molar-refractivity contribution < 1.29 is 31.4 Å². The van der Waals surface area contributed by atoms with E-state index in [0.717, 1.165) is 25.1 Å². The average Bonchev–Trinajstić information content (AvgIpc) is 2.75. The molecule has 0 unspecified atom stereocenters. The van der Waals surface area contributed by atoms with Crippen LogP contribution >= 0.6 is 0 Å². The number of anilines is 1. The van der Waals surface area contributed by atoms with Gasteiger partial charge in [-0.1, -0.05) is 6.07 Å². The Kier molecular flexibility index (Phi) is 5.96. The van der Waals surface area contributed by atoms with E-state index in [-0.39, 0.29) is 24.0 Å². The quantitative estimate of drug-likeness (QED) is 0.507. The highest BCUT2D eigenvalue weighted by Crippen LogP contribution is 2.35. The van der Waals surface area contributed by atoms with Gasteiger partial charge in [0.25, 0.3) is 0 Å². The Morgan fingerprint density at radius 2 is 1.82 bits per heavy atom. The van der Waals surface area contributed by atoms with Crippen molar-refractivity contribution >= 4 is 5.82 Å². The highest BCUT2D eigenvalue weighted by Gasteiger charge is 2.34. The molecular formula is C22H18F5N3O3. The van der Waals surface area contributed by atoms with E-state index >= 15 is 0 Å². The monoisotopic (exact) mass is 467 g/mol. The minimum absolute atomic E-state index is 0.0896. The topological polar surface area (TPSA) is 56.6 Å². The molecular weight excluding hydrogens is 449 g/mol. The number of alkyl halides is 3. The lowest BCUT2D eigenvalue weighted by Gasteiger charge is -2.28. The first kappa shape index (κ1) is 22.6. The molecule has 0 radical (unpaired) electrons. The van der Waals surface area contributed by atoms with Gasteiger partial charge in [-0.15, -0.1) is 0 Å². The molecule has 0 amide bonds. The van der Waals surface area contributed by atoms with E-state index in [2.05, 4.69) is 4.98 Å². The number of halogens is 5. The van der Waals surface area contributed by atoms with Crippen molar-refractivity contribution in [3.63, 3.8) is 0 Å². The van der Waals surface area contributed by atoms with Crippen molar-refractivity contribution in [2.24, 2.45) is 0 Å². The van der Waals surface area contributed by atoms with Crippen molar-refractivity contribution in [1.29, 1.82) is 0 Å². The summed E-state index contributed by atoms with van der Waals surface area (Å²) >= 11 is 0. The van der Waals surface area contributed by atoms with Crippen LogP contribution in [0.4, 0.5) is 27.8 Å². The Morgan fingerprint density at radius 1 is 1.03 bits per heavy atom. The number of rotatable bonds is 5. The van der Waals surface area contributed by atoms with Crippen molar-refractivity contribution in [2.45, 2.75) is 25.7 Å². The summed E-state index contributed by atoms with van der Waals surface area (Å²) in [5.74, 6) is -2.26. The minimum atomic E-state index is -4.91. The zero-order valence-electron chi connectivity index (χ0n) is 17.3. The van der Waals surface area contributed by atoms with E-state index < -0.39 is 29.1 Å². The molecule has 1 aromatic heterocycles. The number of fused-ring (bicyclic) bond motifs is 1. The van der Waals surface area contributed by atoms with Gasteiger partial charge < -0.3 is 14.4 Å². The molecule has 3 aromatic rings. The van der Waals surface area contributed by atoms with Gasteiger partial charge in [0.15, 0.2) is 11.6 Å². The van der Waals surface area contributed by atoms with Gasteiger partial charge in [-0.05, 0) is 42.3 Å². The van der Waals surface area contributed by atoms with Crippen LogP contribution in [0.25, 0.3) is 0 Å². The Balaban J connectivity index is 1.47.